The summed E-state index contributed by atoms with van der Waals surface area (Å²) in [6.07, 6.45) is 0. The van der Waals surface area contributed by atoms with Gasteiger partial charge in [-0.3, -0.25) is 4.72 Å². The van der Waals surface area contributed by atoms with Gasteiger partial charge in [-0.1, -0.05) is 25.7 Å². The Kier molecular flexibility index (Phi) is 5.83. The summed E-state index contributed by atoms with van der Waals surface area (Å²) in [4.78, 5) is 0. The molecular formula is C13H19N3O2S. The second-order valence-electron chi connectivity index (χ2n) is 3.77. The Morgan fingerprint density at radius 3 is 2.26 bits per heavy atom. The first-order valence-corrected chi connectivity index (χ1v) is 7.54. The van der Waals surface area contributed by atoms with Gasteiger partial charge in [0.05, 0.1) is 6.54 Å². The fraction of sp³-hybridized carbons (Fsp3) is 0.385. The maximum Gasteiger partial charge on any atom is 0.301 e. The van der Waals surface area contributed by atoms with Crippen molar-refractivity contribution in [3.8, 4) is 11.8 Å². The molecule has 104 valence electrons. The Morgan fingerprint density at radius 2 is 1.79 bits per heavy atom. The smallest absolute Gasteiger partial charge is 0.301 e. The molecule has 1 aromatic rings. The number of nitrogens with one attached hydrogen (secondary N) is 1. The predicted octanol–water partition coefficient (Wildman–Crippen LogP) is 0.995. The molecule has 0 saturated carbocycles. The van der Waals surface area contributed by atoms with E-state index in [2.05, 4.69) is 16.6 Å². The molecule has 0 aliphatic carbocycles. The van der Waals surface area contributed by atoms with E-state index in [1.165, 1.54) is 4.31 Å². The van der Waals surface area contributed by atoms with Gasteiger partial charge in [-0.25, -0.2) is 0 Å². The zero-order chi connectivity index (χ0) is 14.3. The van der Waals surface area contributed by atoms with Gasteiger partial charge < -0.3 is 5.73 Å². The molecule has 6 heteroatoms. The zero-order valence-corrected chi connectivity index (χ0v) is 12.0. The summed E-state index contributed by atoms with van der Waals surface area (Å²) in [7, 11) is -3.48. The third-order valence-electron chi connectivity index (χ3n) is 2.51. The predicted molar refractivity (Wildman–Crippen MR) is 77.8 cm³/mol. The van der Waals surface area contributed by atoms with E-state index in [9.17, 15) is 8.42 Å². The van der Waals surface area contributed by atoms with E-state index in [1.807, 2.05) is 0 Å². The van der Waals surface area contributed by atoms with Crippen LogP contribution in [0.25, 0.3) is 0 Å². The summed E-state index contributed by atoms with van der Waals surface area (Å²) >= 11 is 0. The Balaban J connectivity index is 2.83. The second kappa shape index (κ2) is 7.14. The molecule has 0 radical (unpaired) electrons. The highest BCUT2D eigenvalue weighted by Crippen LogP contribution is 2.12. The number of hydrogen-bond acceptors (Lipinski definition) is 3. The van der Waals surface area contributed by atoms with Crippen molar-refractivity contribution in [3.63, 3.8) is 0 Å². The third kappa shape index (κ3) is 4.56. The van der Waals surface area contributed by atoms with Crippen LogP contribution in [0.5, 0.6) is 0 Å². The maximum absolute atomic E-state index is 12.0. The lowest BCUT2D eigenvalue weighted by Gasteiger charge is -2.19. The van der Waals surface area contributed by atoms with E-state index in [-0.39, 0.29) is 0 Å². The van der Waals surface area contributed by atoms with Gasteiger partial charge in [0.1, 0.15) is 0 Å². The quantitative estimate of drug-likeness (QED) is 0.790. The van der Waals surface area contributed by atoms with Crippen molar-refractivity contribution in [3.05, 3.63) is 29.8 Å². The van der Waals surface area contributed by atoms with E-state index in [4.69, 9.17) is 5.73 Å². The number of hydrogen-bond donors (Lipinski definition) is 2. The molecule has 0 aliphatic rings. The van der Waals surface area contributed by atoms with E-state index in [0.29, 0.717) is 25.3 Å². The van der Waals surface area contributed by atoms with Crippen LogP contribution in [-0.4, -0.2) is 32.4 Å². The van der Waals surface area contributed by atoms with Gasteiger partial charge in [0.25, 0.3) is 0 Å². The van der Waals surface area contributed by atoms with E-state index >= 15 is 0 Å². The minimum Gasteiger partial charge on any atom is -0.320 e. The van der Waals surface area contributed by atoms with Gasteiger partial charge in [0.15, 0.2) is 0 Å². The molecule has 0 saturated heterocycles. The van der Waals surface area contributed by atoms with Crippen molar-refractivity contribution in [2.75, 3.05) is 24.4 Å². The summed E-state index contributed by atoms with van der Waals surface area (Å²) < 4.78 is 27.9. The third-order valence-corrected chi connectivity index (χ3v) is 4.20. The highest BCUT2D eigenvalue weighted by atomic mass is 32.2. The van der Waals surface area contributed by atoms with Crippen molar-refractivity contribution in [2.24, 2.45) is 5.73 Å². The van der Waals surface area contributed by atoms with Crippen LogP contribution in [0.1, 0.15) is 19.4 Å². The normalized spacial score (nSPS) is 10.9. The highest BCUT2D eigenvalue weighted by molar-refractivity contribution is 7.90. The van der Waals surface area contributed by atoms with E-state index in [1.54, 1.807) is 38.1 Å². The lowest BCUT2D eigenvalue weighted by atomic mass is 10.2. The summed E-state index contributed by atoms with van der Waals surface area (Å²) in [5.74, 6) is 5.62. The molecule has 0 unspecified atom stereocenters. The first-order chi connectivity index (χ1) is 9.03. The summed E-state index contributed by atoms with van der Waals surface area (Å²) in [5.41, 5.74) is 6.60. The molecule has 0 spiro atoms. The molecule has 0 amide bonds. The van der Waals surface area contributed by atoms with Gasteiger partial charge in [0.2, 0.25) is 0 Å². The Bertz CT molecular complexity index is 552. The molecule has 5 nitrogen and oxygen atoms in total. The topological polar surface area (TPSA) is 75.4 Å². The van der Waals surface area contributed by atoms with Crippen LogP contribution in [0, 0.1) is 11.8 Å². The molecule has 0 fully saturated rings. The van der Waals surface area contributed by atoms with Crippen molar-refractivity contribution < 1.29 is 8.42 Å². The van der Waals surface area contributed by atoms with E-state index < -0.39 is 10.2 Å². The van der Waals surface area contributed by atoms with E-state index in [0.717, 1.165) is 5.56 Å². The number of anilines is 1. The Hall–Kier alpha value is -1.55. The number of nitrogens with zero attached hydrogens (tertiary/aromatic N) is 1. The molecule has 0 aromatic heterocycles. The zero-order valence-electron chi connectivity index (χ0n) is 11.2. The fourth-order valence-electron chi connectivity index (χ4n) is 1.55. The largest absolute Gasteiger partial charge is 0.320 e. The van der Waals surface area contributed by atoms with Crippen molar-refractivity contribution in [2.45, 2.75) is 13.8 Å². The Labute approximate surface area is 115 Å². The number of rotatable bonds is 5. The minimum atomic E-state index is -3.48. The summed E-state index contributed by atoms with van der Waals surface area (Å²) in [5, 5.41) is 0. The van der Waals surface area contributed by atoms with Crippen molar-refractivity contribution >= 4 is 15.9 Å². The number of benzene rings is 1. The highest BCUT2D eigenvalue weighted by Gasteiger charge is 2.17. The standard InChI is InChI=1S/C13H19N3O2S/c1-3-16(4-2)19(17,18)15-13-9-7-12(8-10-13)6-5-11-14/h7-10,15H,3-4,11,14H2,1-2H3. The van der Waals surface area contributed by atoms with Crippen LogP contribution < -0.4 is 10.5 Å². The lowest BCUT2D eigenvalue weighted by Crippen LogP contribution is -2.35. The first-order valence-electron chi connectivity index (χ1n) is 6.10. The van der Waals surface area contributed by atoms with Crippen LogP contribution in [0.3, 0.4) is 0 Å². The van der Waals surface area contributed by atoms with Crippen LogP contribution in [0.4, 0.5) is 5.69 Å². The lowest BCUT2D eigenvalue weighted by molar-refractivity contribution is 0.449. The summed E-state index contributed by atoms with van der Waals surface area (Å²) in [6, 6.07) is 6.87. The molecule has 0 aliphatic heterocycles. The fourth-order valence-corrected chi connectivity index (χ4v) is 2.79. The molecule has 1 rings (SSSR count). The van der Waals surface area contributed by atoms with Gasteiger partial charge in [-0.05, 0) is 24.3 Å². The molecule has 19 heavy (non-hydrogen) atoms. The summed E-state index contributed by atoms with van der Waals surface area (Å²) in [6.45, 7) is 4.77. The molecular weight excluding hydrogens is 262 g/mol. The van der Waals surface area contributed by atoms with Gasteiger partial charge in [-0.2, -0.15) is 12.7 Å². The maximum atomic E-state index is 12.0. The van der Waals surface area contributed by atoms with Gasteiger partial charge in [0, 0.05) is 24.3 Å². The average molecular weight is 281 g/mol. The van der Waals surface area contributed by atoms with Crippen LogP contribution >= 0.6 is 0 Å². The van der Waals surface area contributed by atoms with Crippen molar-refractivity contribution in [1.82, 2.24) is 4.31 Å². The molecule has 3 N–H and O–H groups in total. The minimum absolute atomic E-state index is 0.302. The van der Waals surface area contributed by atoms with Crippen LogP contribution in [0.2, 0.25) is 0 Å². The Morgan fingerprint density at radius 1 is 1.21 bits per heavy atom. The SMILES string of the molecule is CCN(CC)S(=O)(=O)Nc1ccc(C#CCN)cc1. The van der Waals surface area contributed by atoms with Crippen molar-refractivity contribution in [1.29, 1.82) is 0 Å². The monoisotopic (exact) mass is 281 g/mol. The second-order valence-corrected chi connectivity index (χ2v) is 5.45. The molecule has 0 heterocycles. The number of nitrogens with two attached hydrogens (primary N) is 1. The van der Waals surface area contributed by atoms with Crippen LogP contribution in [-0.2, 0) is 10.2 Å². The van der Waals surface area contributed by atoms with Crippen LogP contribution in [0.15, 0.2) is 24.3 Å². The average Bonchev–Trinajstić information content (AvgIpc) is 2.38. The first kappa shape index (κ1) is 15.5. The van der Waals surface area contributed by atoms with Gasteiger partial charge in [-0.15, -0.1) is 0 Å². The molecule has 0 bridgehead atoms. The molecule has 0 atom stereocenters. The molecule has 1 aromatic carbocycles. The van der Waals surface area contributed by atoms with Gasteiger partial charge >= 0.3 is 10.2 Å².